The predicted molar refractivity (Wildman–Crippen MR) is 103 cm³/mol. The number of aromatic nitrogens is 4. The average molecular weight is 434 g/mol. The number of hydrogen-bond donors (Lipinski definition) is 0. The third-order valence-electron chi connectivity index (χ3n) is 5.52. The lowest BCUT2D eigenvalue weighted by Crippen LogP contribution is -2.55. The molecule has 1 aliphatic rings. The van der Waals surface area contributed by atoms with Crippen molar-refractivity contribution in [1.82, 2.24) is 30.0 Å². The highest BCUT2D eigenvalue weighted by Gasteiger charge is 2.38. The maximum absolute atomic E-state index is 13.1. The quantitative estimate of drug-likeness (QED) is 0.628. The van der Waals surface area contributed by atoms with Crippen LogP contribution in [0.2, 0.25) is 0 Å². The van der Waals surface area contributed by atoms with Gasteiger partial charge in [-0.1, -0.05) is 6.07 Å². The van der Waals surface area contributed by atoms with Crippen molar-refractivity contribution >= 4 is 5.91 Å². The molecule has 0 bridgehead atoms. The van der Waals surface area contributed by atoms with Crippen LogP contribution in [0.4, 0.5) is 13.2 Å². The summed E-state index contributed by atoms with van der Waals surface area (Å²) in [6.45, 7) is 5.88. The molecule has 1 aliphatic heterocycles. The molecule has 1 amide bonds. The molecule has 0 N–H and O–H groups in total. The maximum Gasteiger partial charge on any atom is 0.416 e. The van der Waals surface area contributed by atoms with Crippen LogP contribution in [0.5, 0.6) is 0 Å². The summed E-state index contributed by atoms with van der Waals surface area (Å²) >= 11 is 0. The second kappa shape index (κ2) is 7.80. The van der Waals surface area contributed by atoms with Gasteiger partial charge in [0.2, 0.25) is 0 Å². The zero-order valence-electron chi connectivity index (χ0n) is 17.0. The number of halogens is 3. The van der Waals surface area contributed by atoms with E-state index in [0.29, 0.717) is 37.8 Å². The molecule has 2 aromatic heterocycles. The van der Waals surface area contributed by atoms with E-state index >= 15 is 0 Å². The highest BCUT2D eigenvalue weighted by molar-refractivity contribution is 5.91. The van der Waals surface area contributed by atoms with E-state index in [0.717, 1.165) is 12.1 Å². The van der Waals surface area contributed by atoms with Crippen LogP contribution in [0.15, 0.2) is 47.1 Å². The first-order chi connectivity index (χ1) is 14.7. The lowest BCUT2D eigenvalue weighted by molar-refractivity contribution is -0.137. The monoisotopic (exact) mass is 434 g/mol. The van der Waals surface area contributed by atoms with E-state index in [2.05, 4.69) is 20.4 Å². The molecule has 8 nitrogen and oxygen atoms in total. The number of amides is 1. The van der Waals surface area contributed by atoms with Crippen molar-refractivity contribution in [3.63, 3.8) is 0 Å². The van der Waals surface area contributed by atoms with Gasteiger partial charge in [0.25, 0.3) is 5.91 Å². The smallest absolute Gasteiger partial charge is 0.416 e. The van der Waals surface area contributed by atoms with Crippen molar-refractivity contribution < 1.29 is 22.4 Å². The number of hydrogen-bond acceptors (Lipinski definition) is 6. The summed E-state index contributed by atoms with van der Waals surface area (Å²) in [5.41, 5.74) is -1.22. The van der Waals surface area contributed by atoms with Gasteiger partial charge in [0, 0.05) is 26.2 Å². The predicted octanol–water partition coefficient (Wildman–Crippen LogP) is 2.97. The molecule has 3 heterocycles. The third-order valence-corrected chi connectivity index (χ3v) is 5.52. The van der Waals surface area contributed by atoms with Crippen LogP contribution in [0.25, 0.3) is 5.69 Å². The lowest BCUT2D eigenvalue weighted by Gasteiger charge is -2.42. The second-order valence-corrected chi connectivity index (χ2v) is 7.78. The second-order valence-electron chi connectivity index (χ2n) is 7.78. The topological polar surface area (TPSA) is 80.3 Å². The number of nitrogens with zero attached hydrogens (tertiary/aromatic N) is 6. The molecule has 1 saturated heterocycles. The number of carbonyl (C=O) groups excluding carboxylic acids is 1. The molecule has 0 spiro atoms. The van der Waals surface area contributed by atoms with Gasteiger partial charge in [-0.2, -0.15) is 17.9 Å². The number of alkyl halides is 3. The Morgan fingerprint density at radius 1 is 1.06 bits per heavy atom. The molecule has 1 aromatic carbocycles. The number of piperazine rings is 1. The first kappa shape index (κ1) is 21.0. The number of carbonyl (C=O) groups is 1. The molecular formula is C20H21F3N6O2. The van der Waals surface area contributed by atoms with Crippen LogP contribution in [-0.2, 0) is 11.7 Å². The fraction of sp³-hybridized carbons (Fsp3) is 0.400. The molecular weight excluding hydrogens is 413 g/mol. The van der Waals surface area contributed by atoms with Crippen molar-refractivity contribution in [1.29, 1.82) is 0 Å². The SMILES string of the molecule is CC(C)(c1nnnn1-c1cccc(C(F)(F)F)c1)N1CCN(C(=O)c2ccco2)CC1. The van der Waals surface area contributed by atoms with Gasteiger partial charge in [0.05, 0.1) is 23.1 Å². The van der Waals surface area contributed by atoms with Crippen LogP contribution in [0.3, 0.4) is 0 Å². The molecule has 4 rings (SSSR count). The summed E-state index contributed by atoms with van der Waals surface area (Å²) < 4.78 is 45.9. The van der Waals surface area contributed by atoms with Crippen molar-refractivity contribution in [3.05, 3.63) is 59.8 Å². The minimum absolute atomic E-state index is 0.170. The van der Waals surface area contributed by atoms with Gasteiger partial charge in [0.1, 0.15) is 0 Å². The van der Waals surface area contributed by atoms with Crippen LogP contribution < -0.4 is 0 Å². The first-order valence-electron chi connectivity index (χ1n) is 9.72. The third kappa shape index (κ3) is 4.05. The lowest BCUT2D eigenvalue weighted by atomic mass is 10.00. The fourth-order valence-electron chi connectivity index (χ4n) is 3.72. The Hall–Kier alpha value is -3.21. The average Bonchev–Trinajstić information content (AvgIpc) is 3.45. The Morgan fingerprint density at radius 2 is 1.81 bits per heavy atom. The zero-order chi connectivity index (χ0) is 22.2. The molecule has 3 aromatic rings. The molecule has 1 fully saturated rings. The van der Waals surface area contributed by atoms with Gasteiger partial charge in [-0.25, -0.2) is 0 Å². The standard InChI is InChI=1S/C20H21F3N6O2/c1-19(2,28-10-8-27(9-11-28)17(30)16-7-4-12-31-16)18-24-25-26-29(18)15-6-3-5-14(13-15)20(21,22)23/h3-7,12-13H,8-11H2,1-2H3. The van der Waals surface area contributed by atoms with Gasteiger partial charge in [0.15, 0.2) is 11.6 Å². The van der Waals surface area contributed by atoms with Crippen molar-refractivity contribution in [2.75, 3.05) is 26.2 Å². The zero-order valence-corrected chi connectivity index (χ0v) is 17.0. The van der Waals surface area contributed by atoms with Crippen LogP contribution >= 0.6 is 0 Å². The summed E-state index contributed by atoms with van der Waals surface area (Å²) in [6, 6.07) is 8.19. The van der Waals surface area contributed by atoms with E-state index in [1.54, 1.807) is 17.0 Å². The summed E-state index contributed by atoms with van der Waals surface area (Å²) in [7, 11) is 0. The van der Waals surface area contributed by atoms with E-state index in [1.807, 2.05) is 13.8 Å². The van der Waals surface area contributed by atoms with Gasteiger partial charge in [-0.3, -0.25) is 9.69 Å². The largest absolute Gasteiger partial charge is 0.459 e. The molecule has 11 heteroatoms. The summed E-state index contributed by atoms with van der Waals surface area (Å²) in [6.07, 6.45) is -3.00. The van der Waals surface area contributed by atoms with Gasteiger partial charge >= 0.3 is 6.18 Å². The molecule has 31 heavy (non-hydrogen) atoms. The molecule has 0 unspecified atom stereocenters. The van der Waals surface area contributed by atoms with E-state index < -0.39 is 17.3 Å². The minimum atomic E-state index is -4.46. The van der Waals surface area contributed by atoms with E-state index in [9.17, 15) is 18.0 Å². The number of rotatable bonds is 4. The van der Waals surface area contributed by atoms with Crippen LogP contribution in [0, 0.1) is 0 Å². The van der Waals surface area contributed by atoms with Gasteiger partial charge in [-0.15, -0.1) is 5.10 Å². The Bertz CT molecular complexity index is 1050. The fourth-order valence-corrected chi connectivity index (χ4v) is 3.72. The van der Waals surface area contributed by atoms with Crippen LogP contribution in [0.1, 0.15) is 35.8 Å². The van der Waals surface area contributed by atoms with Crippen molar-refractivity contribution in [2.45, 2.75) is 25.6 Å². The number of tetrazole rings is 1. The van der Waals surface area contributed by atoms with E-state index in [4.69, 9.17) is 4.42 Å². The minimum Gasteiger partial charge on any atom is -0.459 e. The van der Waals surface area contributed by atoms with Crippen LogP contribution in [-0.4, -0.2) is 62.1 Å². The normalized spacial score (nSPS) is 16.0. The summed E-state index contributed by atoms with van der Waals surface area (Å²) in [5, 5.41) is 11.7. The number of benzene rings is 1. The van der Waals surface area contributed by atoms with Gasteiger partial charge in [-0.05, 0) is 54.6 Å². The summed E-state index contributed by atoms with van der Waals surface area (Å²) in [4.78, 5) is 16.3. The molecule has 164 valence electrons. The first-order valence-corrected chi connectivity index (χ1v) is 9.72. The Morgan fingerprint density at radius 3 is 2.45 bits per heavy atom. The Balaban J connectivity index is 1.53. The highest BCUT2D eigenvalue weighted by Crippen LogP contribution is 2.32. The number of furan rings is 1. The summed E-state index contributed by atoms with van der Waals surface area (Å²) in [5.74, 6) is 0.537. The van der Waals surface area contributed by atoms with Crippen molar-refractivity contribution in [2.24, 2.45) is 0 Å². The molecule has 0 atom stereocenters. The van der Waals surface area contributed by atoms with Gasteiger partial charge < -0.3 is 9.32 Å². The highest BCUT2D eigenvalue weighted by atomic mass is 19.4. The molecule has 0 radical (unpaired) electrons. The van der Waals surface area contributed by atoms with E-state index in [-0.39, 0.29) is 11.6 Å². The van der Waals surface area contributed by atoms with Crippen molar-refractivity contribution in [3.8, 4) is 5.69 Å². The Labute approximate surface area is 176 Å². The van der Waals surface area contributed by atoms with E-state index in [1.165, 1.54) is 23.1 Å². The molecule has 0 saturated carbocycles. The maximum atomic E-state index is 13.1. The molecule has 0 aliphatic carbocycles. The Kier molecular flexibility index (Phi) is 5.29.